The second-order valence-electron chi connectivity index (χ2n) is 6.18. The number of aliphatic hydroxyl groups is 1. The fourth-order valence-corrected chi connectivity index (χ4v) is 2.57. The molecule has 1 radical (unpaired) electrons. The van der Waals surface area contributed by atoms with E-state index in [4.69, 9.17) is 5.11 Å². The van der Waals surface area contributed by atoms with Crippen LogP contribution in [0.5, 0.6) is 0 Å². The first-order valence-electron chi connectivity index (χ1n) is 8.19. The Bertz CT molecular complexity index is 959. The first kappa shape index (κ1) is 22.7. The molecule has 143 valence electrons. The van der Waals surface area contributed by atoms with Crippen molar-refractivity contribution < 1.29 is 34.4 Å². The minimum Gasteiger partial charge on any atom is -0.512 e. The van der Waals surface area contributed by atoms with Crippen molar-refractivity contribution in [1.82, 2.24) is 4.98 Å². The Kier molecular flexibility index (Phi) is 8.48. The van der Waals surface area contributed by atoms with Gasteiger partial charge in [-0.15, -0.1) is 34.9 Å². The Balaban J connectivity index is 0.000000395. The largest absolute Gasteiger partial charge is 0.512 e. The van der Waals surface area contributed by atoms with Gasteiger partial charge in [-0.2, -0.15) is 0 Å². The zero-order valence-corrected chi connectivity index (χ0v) is 18.0. The molecule has 0 unspecified atom stereocenters. The summed E-state index contributed by atoms with van der Waals surface area (Å²) < 4.78 is 13.1. The number of aliphatic hydroxyl groups excluding tert-OH is 1. The molecule has 0 saturated carbocycles. The van der Waals surface area contributed by atoms with Gasteiger partial charge in [-0.25, -0.2) is 4.39 Å². The minimum atomic E-state index is -0.236. The van der Waals surface area contributed by atoms with Crippen molar-refractivity contribution in [2.45, 2.75) is 27.7 Å². The van der Waals surface area contributed by atoms with Crippen molar-refractivity contribution in [3.05, 3.63) is 77.3 Å². The second-order valence-corrected chi connectivity index (χ2v) is 6.18. The number of aryl methyl sites for hydroxylation is 2. The molecular weight excluding hydrogens is 521 g/mol. The summed E-state index contributed by atoms with van der Waals surface area (Å²) in [6.45, 7) is 6.93. The maximum atomic E-state index is 13.1. The molecule has 3 rings (SSSR count). The molecular formula is C22H21FIrNO2-. The third-order valence-corrected chi connectivity index (χ3v) is 3.49. The van der Waals surface area contributed by atoms with Gasteiger partial charge in [0.15, 0.2) is 5.78 Å². The average molecular weight is 543 g/mol. The van der Waals surface area contributed by atoms with Gasteiger partial charge in [-0.05, 0) is 37.7 Å². The predicted octanol–water partition coefficient (Wildman–Crippen LogP) is 5.49. The molecule has 0 aliphatic heterocycles. The summed E-state index contributed by atoms with van der Waals surface area (Å²) in [4.78, 5) is 14.6. The molecule has 3 aromatic rings. The van der Waals surface area contributed by atoms with Crippen LogP contribution < -0.4 is 0 Å². The van der Waals surface area contributed by atoms with Gasteiger partial charge in [0, 0.05) is 31.6 Å². The van der Waals surface area contributed by atoms with E-state index in [1.165, 1.54) is 37.6 Å². The number of pyridine rings is 1. The number of benzene rings is 2. The monoisotopic (exact) mass is 543 g/mol. The maximum absolute atomic E-state index is 13.1. The van der Waals surface area contributed by atoms with Crippen molar-refractivity contribution >= 4 is 16.7 Å². The molecule has 0 fully saturated rings. The van der Waals surface area contributed by atoms with E-state index in [0.29, 0.717) is 0 Å². The fourth-order valence-electron chi connectivity index (χ4n) is 2.57. The Labute approximate surface area is 172 Å². The van der Waals surface area contributed by atoms with Crippen LogP contribution in [0.2, 0.25) is 0 Å². The summed E-state index contributed by atoms with van der Waals surface area (Å²) in [6.07, 6.45) is 1.17. The fraction of sp³-hybridized carbons (Fsp3) is 0.182. The van der Waals surface area contributed by atoms with Gasteiger partial charge in [-0.3, -0.25) is 9.78 Å². The predicted molar refractivity (Wildman–Crippen MR) is 103 cm³/mol. The van der Waals surface area contributed by atoms with Crippen LogP contribution in [0.4, 0.5) is 4.39 Å². The maximum Gasteiger partial charge on any atom is 0.155 e. The van der Waals surface area contributed by atoms with Crippen LogP contribution >= 0.6 is 0 Å². The number of carbonyl (C=O) groups excluding carboxylic acids is 1. The van der Waals surface area contributed by atoms with Gasteiger partial charge in [0.2, 0.25) is 0 Å². The minimum absolute atomic E-state index is 0. The third-order valence-electron chi connectivity index (χ3n) is 3.49. The zero-order chi connectivity index (χ0) is 19.3. The van der Waals surface area contributed by atoms with E-state index in [1.807, 2.05) is 19.1 Å². The molecule has 2 aromatic carbocycles. The Hall–Kier alpha value is -2.36. The summed E-state index contributed by atoms with van der Waals surface area (Å²) in [7, 11) is 0. The van der Waals surface area contributed by atoms with Crippen LogP contribution in [0.1, 0.15) is 25.0 Å². The van der Waals surface area contributed by atoms with Crippen molar-refractivity contribution in [3.8, 4) is 11.3 Å². The number of allylic oxidation sites excluding steroid dienone is 2. The van der Waals surface area contributed by atoms with Gasteiger partial charge in [0.1, 0.15) is 5.82 Å². The summed E-state index contributed by atoms with van der Waals surface area (Å²) in [5, 5.41) is 9.18. The van der Waals surface area contributed by atoms with Crippen molar-refractivity contribution in [2.24, 2.45) is 0 Å². The van der Waals surface area contributed by atoms with Gasteiger partial charge in [0.25, 0.3) is 0 Å². The van der Waals surface area contributed by atoms with E-state index >= 15 is 0 Å². The molecule has 0 spiro atoms. The molecule has 1 aromatic heterocycles. The summed E-state index contributed by atoms with van der Waals surface area (Å²) >= 11 is 0. The molecule has 0 aliphatic rings. The smallest absolute Gasteiger partial charge is 0.155 e. The Morgan fingerprint density at radius 3 is 2.37 bits per heavy atom. The molecule has 27 heavy (non-hydrogen) atoms. The first-order valence-corrected chi connectivity index (χ1v) is 8.19. The summed E-state index contributed by atoms with van der Waals surface area (Å²) in [5.74, 6) is -0.299. The number of hydrogen-bond donors (Lipinski definition) is 1. The molecule has 0 saturated heterocycles. The number of halogens is 1. The van der Waals surface area contributed by atoms with E-state index in [9.17, 15) is 9.18 Å². The molecule has 5 heteroatoms. The zero-order valence-electron chi connectivity index (χ0n) is 15.6. The van der Waals surface area contributed by atoms with E-state index in [1.54, 1.807) is 6.07 Å². The molecule has 0 atom stereocenters. The summed E-state index contributed by atoms with van der Waals surface area (Å²) in [6, 6.07) is 15.9. The molecule has 3 nitrogen and oxygen atoms in total. The van der Waals surface area contributed by atoms with Gasteiger partial charge >= 0.3 is 0 Å². The van der Waals surface area contributed by atoms with Crippen molar-refractivity contribution in [1.29, 1.82) is 0 Å². The number of nitrogens with zero attached hydrogens (tertiary/aromatic N) is 1. The van der Waals surface area contributed by atoms with Crippen LogP contribution in [-0.2, 0) is 24.9 Å². The van der Waals surface area contributed by atoms with E-state index in [0.717, 1.165) is 27.7 Å². The molecule has 1 heterocycles. The van der Waals surface area contributed by atoms with Crippen LogP contribution in [-0.4, -0.2) is 15.9 Å². The number of ketones is 1. The topological polar surface area (TPSA) is 50.2 Å². The number of aromatic nitrogens is 1. The molecule has 0 bridgehead atoms. The number of carbonyl (C=O) groups is 1. The van der Waals surface area contributed by atoms with Crippen molar-refractivity contribution in [2.75, 3.05) is 0 Å². The van der Waals surface area contributed by atoms with Gasteiger partial charge < -0.3 is 5.11 Å². The van der Waals surface area contributed by atoms with E-state index in [-0.39, 0.29) is 37.5 Å². The van der Waals surface area contributed by atoms with Crippen LogP contribution in [0.3, 0.4) is 0 Å². The van der Waals surface area contributed by atoms with Gasteiger partial charge in [0.05, 0.1) is 11.3 Å². The molecule has 0 aliphatic carbocycles. The Morgan fingerprint density at radius 2 is 1.81 bits per heavy atom. The normalized spacial score (nSPS) is 10.6. The van der Waals surface area contributed by atoms with E-state index < -0.39 is 0 Å². The quantitative estimate of drug-likeness (QED) is 0.265. The average Bonchev–Trinajstić information content (AvgIpc) is 2.52. The second kappa shape index (κ2) is 10.1. The Morgan fingerprint density at radius 1 is 1.11 bits per heavy atom. The first-order chi connectivity index (χ1) is 12.2. The van der Waals surface area contributed by atoms with Crippen molar-refractivity contribution in [3.63, 3.8) is 0 Å². The standard InChI is InChI=1S/C17H13FN.C5H8O2.Ir/c1-11-7-12(2)9-14(8-11)17-5-3-13-10-15(18)4-6-16(13)19-17;1-4(6)3-5(2)7;/h3-8,10H,1-2H3;3,6H,1-2H3;/q-1;;/b;4-3-;. The van der Waals surface area contributed by atoms with E-state index in [2.05, 4.69) is 30.1 Å². The number of rotatable bonds is 2. The van der Waals surface area contributed by atoms with Gasteiger partial charge in [-0.1, -0.05) is 26.0 Å². The molecule has 1 N–H and O–H groups in total. The number of hydrogen-bond acceptors (Lipinski definition) is 3. The third kappa shape index (κ3) is 7.04. The van der Waals surface area contributed by atoms with Crippen LogP contribution in [0.25, 0.3) is 22.2 Å². The van der Waals surface area contributed by atoms with Crippen LogP contribution in [0, 0.1) is 25.7 Å². The SMILES string of the molecule is CC(=O)/C=C(/C)O.Cc1[c-]c(-c2ccc3cc(F)ccc3n2)cc(C)c1.[Ir]. The summed E-state index contributed by atoms with van der Waals surface area (Å²) in [5.41, 5.74) is 4.92. The molecule has 0 amide bonds. The van der Waals surface area contributed by atoms with Crippen LogP contribution in [0.15, 0.2) is 54.3 Å². The number of fused-ring (bicyclic) bond motifs is 1.